The van der Waals surface area contributed by atoms with Gasteiger partial charge in [0.2, 0.25) is 0 Å². The maximum Gasteiger partial charge on any atom is 0.416 e. The second kappa shape index (κ2) is 7.46. The fraction of sp³-hybridized carbons (Fsp3) is 0. The minimum absolute atomic E-state index is 0.0199. The van der Waals surface area contributed by atoms with Crippen LogP contribution in [0.5, 0.6) is 0 Å². The monoisotopic (exact) mass is 459 g/mol. The number of amides is 3. The number of urea groups is 1. The molecule has 31 heavy (non-hydrogen) atoms. The van der Waals surface area contributed by atoms with Crippen molar-refractivity contribution >= 4 is 69.9 Å². The van der Waals surface area contributed by atoms with Crippen LogP contribution in [0.25, 0.3) is 17.0 Å². The number of hydrogen-bond donors (Lipinski definition) is 3. The van der Waals surface area contributed by atoms with Gasteiger partial charge in [-0.15, -0.1) is 0 Å². The highest BCUT2D eigenvalue weighted by molar-refractivity contribution is 6.40. The molecule has 3 aromatic rings. The Morgan fingerprint density at radius 2 is 1.71 bits per heavy atom. The largest absolute Gasteiger partial charge is 0.477 e. The van der Waals surface area contributed by atoms with Crippen LogP contribution in [-0.4, -0.2) is 38.8 Å². The molecule has 1 aliphatic rings. The summed E-state index contributed by atoms with van der Waals surface area (Å²) < 4.78 is 0.512. The Labute approximate surface area is 183 Å². The molecule has 3 N–H and O–H groups in total. The van der Waals surface area contributed by atoms with Gasteiger partial charge in [-0.1, -0.05) is 41.4 Å². The summed E-state index contributed by atoms with van der Waals surface area (Å²) in [6.45, 7) is 0. The number of rotatable bonds is 3. The number of nitrogens with one attached hydrogen (secondary N) is 1. The van der Waals surface area contributed by atoms with Crippen LogP contribution in [0, 0.1) is 0 Å². The van der Waals surface area contributed by atoms with E-state index >= 15 is 0 Å². The van der Waals surface area contributed by atoms with Gasteiger partial charge in [0, 0.05) is 16.0 Å². The molecule has 156 valence electrons. The highest BCUT2D eigenvalue weighted by atomic mass is 35.5. The van der Waals surface area contributed by atoms with E-state index in [-0.39, 0.29) is 32.2 Å². The van der Waals surface area contributed by atoms with Crippen molar-refractivity contribution < 1.29 is 29.4 Å². The Bertz CT molecular complexity index is 1330. The zero-order valence-corrected chi connectivity index (χ0v) is 16.8. The average Bonchev–Trinajstić information content (AvgIpc) is 3.17. The van der Waals surface area contributed by atoms with Gasteiger partial charge in [-0.2, -0.15) is 0 Å². The molecule has 0 unspecified atom stereocenters. The summed E-state index contributed by atoms with van der Waals surface area (Å²) in [4.78, 5) is 49.9. The van der Waals surface area contributed by atoms with Crippen LogP contribution in [0.15, 0.2) is 48.2 Å². The number of para-hydroxylation sites is 1. The number of carbonyl (C=O) groups excluding carboxylic acids is 2. The van der Waals surface area contributed by atoms with Crippen LogP contribution in [0.2, 0.25) is 10.0 Å². The van der Waals surface area contributed by atoms with E-state index in [0.29, 0.717) is 10.3 Å². The van der Waals surface area contributed by atoms with Crippen molar-refractivity contribution in [2.24, 2.45) is 0 Å². The lowest BCUT2D eigenvalue weighted by molar-refractivity contribution is -0.113. The standard InChI is InChI=1S/C20H11Cl2N3O6/c21-9-6-12(22)15-11(16(18(27)28)25(20(30)31)14(15)7-9)8-13-17(26)24(19(29)23-13)10-4-2-1-3-5-10/h1-8H,(H,23,29)(H,27,28)(H,30,31)/b13-8+. The van der Waals surface area contributed by atoms with Gasteiger partial charge in [0.25, 0.3) is 5.91 Å². The number of aromatic carboxylic acids is 1. The maximum absolute atomic E-state index is 12.9. The van der Waals surface area contributed by atoms with Crippen LogP contribution in [-0.2, 0) is 4.79 Å². The summed E-state index contributed by atoms with van der Waals surface area (Å²) in [5.74, 6) is -2.32. The first kappa shape index (κ1) is 20.5. The van der Waals surface area contributed by atoms with Gasteiger partial charge in [0.15, 0.2) is 0 Å². The summed E-state index contributed by atoms with van der Waals surface area (Å²) in [5.41, 5.74) is -0.827. The number of carbonyl (C=O) groups is 4. The van der Waals surface area contributed by atoms with E-state index in [9.17, 15) is 29.4 Å². The summed E-state index contributed by atoms with van der Waals surface area (Å²) in [7, 11) is 0. The lowest BCUT2D eigenvalue weighted by Crippen LogP contribution is -2.30. The van der Waals surface area contributed by atoms with Crippen LogP contribution in [0.3, 0.4) is 0 Å². The highest BCUT2D eigenvalue weighted by Crippen LogP contribution is 2.36. The fourth-order valence-corrected chi connectivity index (χ4v) is 3.99. The van der Waals surface area contributed by atoms with Gasteiger partial charge in [-0.3, -0.25) is 4.79 Å². The third-order valence-corrected chi connectivity index (χ3v) is 5.11. The minimum Gasteiger partial charge on any atom is -0.477 e. The Balaban J connectivity index is 1.97. The van der Waals surface area contributed by atoms with E-state index in [4.69, 9.17) is 23.2 Å². The van der Waals surface area contributed by atoms with Gasteiger partial charge in [0.1, 0.15) is 11.4 Å². The molecule has 0 bridgehead atoms. The Morgan fingerprint density at radius 3 is 2.32 bits per heavy atom. The third kappa shape index (κ3) is 3.29. The number of imide groups is 1. The minimum atomic E-state index is -1.59. The van der Waals surface area contributed by atoms with E-state index in [2.05, 4.69) is 5.32 Å². The highest BCUT2D eigenvalue weighted by Gasteiger charge is 2.36. The molecular formula is C20H11Cl2N3O6. The van der Waals surface area contributed by atoms with Crippen molar-refractivity contribution in [3.63, 3.8) is 0 Å². The predicted octanol–water partition coefficient (Wildman–Crippen LogP) is 4.27. The molecule has 0 aliphatic carbocycles. The third-order valence-electron chi connectivity index (χ3n) is 4.60. The number of carboxylic acids is 1. The number of fused-ring (bicyclic) bond motifs is 1. The molecule has 0 radical (unpaired) electrons. The molecule has 1 fully saturated rings. The second-order valence-corrected chi connectivity index (χ2v) is 7.28. The normalized spacial score (nSPS) is 15.0. The number of carboxylic acid groups (broad SMARTS) is 2. The number of hydrogen-bond acceptors (Lipinski definition) is 4. The average molecular weight is 460 g/mol. The van der Waals surface area contributed by atoms with Crippen LogP contribution in [0.1, 0.15) is 16.1 Å². The van der Waals surface area contributed by atoms with Gasteiger partial charge >= 0.3 is 18.1 Å². The number of nitrogens with zero attached hydrogens (tertiary/aromatic N) is 2. The first-order valence-corrected chi connectivity index (χ1v) is 9.38. The van der Waals surface area contributed by atoms with E-state index < -0.39 is 29.7 Å². The molecule has 2 aromatic carbocycles. The van der Waals surface area contributed by atoms with Crippen molar-refractivity contribution in [3.8, 4) is 0 Å². The first-order chi connectivity index (χ1) is 14.7. The summed E-state index contributed by atoms with van der Waals surface area (Å²) in [6.07, 6.45) is -0.494. The van der Waals surface area contributed by atoms with Crippen LogP contribution >= 0.6 is 23.2 Å². The van der Waals surface area contributed by atoms with Gasteiger partial charge in [-0.25, -0.2) is 23.9 Å². The first-order valence-electron chi connectivity index (χ1n) is 8.63. The molecule has 0 spiro atoms. The van der Waals surface area contributed by atoms with E-state index in [1.54, 1.807) is 30.3 Å². The van der Waals surface area contributed by atoms with Crippen LogP contribution < -0.4 is 10.2 Å². The maximum atomic E-state index is 12.9. The molecule has 1 aliphatic heterocycles. The molecule has 0 atom stereocenters. The number of benzene rings is 2. The number of anilines is 1. The molecular weight excluding hydrogens is 449 g/mol. The Morgan fingerprint density at radius 1 is 1.03 bits per heavy atom. The van der Waals surface area contributed by atoms with E-state index in [1.165, 1.54) is 12.1 Å². The van der Waals surface area contributed by atoms with Gasteiger partial charge in [-0.05, 0) is 30.3 Å². The van der Waals surface area contributed by atoms with Gasteiger partial charge in [0.05, 0.1) is 16.2 Å². The van der Waals surface area contributed by atoms with Crippen LogP contribution in [0.4, 0.5) is 15.3 Å². The van der Waals surface area contributed by atoms with Crippen molar-refractivity contribution in [2.75, 3.05) is 4.90 Å². The molecule has 1 aromatic heterocycles. The quantitative estimate of drug-likeness (QED) is 0.396. The van der Waals surface area contributed by atoms with E-state index in [0.717, 1.165) is 11.0 Å². The van der Waals surface area contributed by atoms with Gasteiger partial charge < -0.3 is 15.5 Å². The summed E-state index contributed by atoms with van der Waals surface area (Å²) in [5, 5.41) is 21.8. The van der Waals surface area contributed by atoms with Crippen molar-refractivity contribution in [1.82, 2.24) is 9.88 Å². The Hall–Kier alpha value is -3.82. The Kier molecular flexibility index (Phi) is 4.92. The predicted molar refractivity (Wildman–Crippen MR) is 113 cm³/mol. The molecule has 4 rings (SSSR count). The lowest BCUT2D eigenvalue weighted by atomic mass is 10.1. The SMILES string of the molecule is O=C(O)c1c(/C=C2/NC(=O)N(c3ccccc3)C2=O)c2c(Cl)cc(Cl)cc2n1C(=O)O. The second-order valence-electron chi connectivity index (χ2n) is 6.43. The zero-order valence-electron chi connectivity index (χ0n) is 15.3. The van der Waals surface area contributed by atoms with Crippen molar-refractivity contribution in [1.29, 1.82) is 0 Å². The molecule has 0 saturated carbocycles. The van der Waals surface area contributed by atoms with Crippen molar-refractivity contribution in [3.05, 3.63) is 69.5 Å². The lowest BCUT2D eigenvalue weighted by Gasteiger charge is -2.10. The van der Waals surface area contributed by atoms with E-state index in [1.807, 2.05) is 0 Å². The fourth-order valence-electron chi connectivity index (χ4n) is 3.40. The molecule has 3 amide bonds. The van der Waals surface area contributed by atoms with Crippen molar-refractivity contribution in [2.45, 2.75) is 0 Å². The summed E-state index contributed by atoms with van der Waals surface area (Å²) in [6, 6.07) is 9.93. The smallest absolute Gasteiger partial charge is 0.416 e. The number of halogens is 2. The topological polar surface area (TPSA) is 129 Å². The summed E-state index contributed by atoms with van der Waals surface area (Å²) >= 11 is 12.2. The molecule has 9 nitrogen and oxygen atoms in total. The number of aromatic nitrogens is 1. The molecule has 2 heterocycles. The molecule has 1 saturated heterocycles. The molecule has 11 heteroatoms. The zero-order chi connectivity index (χ0) is 22.4.